The predicted octanol–water partition coefficient (Wildman–Crippen LogP) is 3.93. The average Bonchev–Trinajstić information content (AvgIpc) is 2.49. The molecule has 1 atom stereocenters. The number of anilines is 2. The van der Waals surface area contributed by atoms with Crippen LogP contribution in [0.3, 0.4) is 0 Å². The number of hydrogen-bond acceptors (Lipinski definition) is 3. The summed E-state index contributed by atoms with van der Waals surface area (Å²) in [6, 6.07) is 16.2. The van der Waals surface area contributed by atoms with Gasteiger partial charge in [-0.3, -0.25) is 4.79 Å². The number of nitrogens with one attached hydrogen (secondary N) is 1. The van der Waals surface area contributed by atoms with Crippen LogP contribution in [0.1, 0.15) is 12.5 Å². The second-order valence-corrected chi connectivity index (χ2v) is 7.12. The van der Waals surface area contributed by atoms with E-state index in [2.05, 4.69) is 35.3 Å². The van der Waals surface area contributed by atoms with Gasteiger partial charge in [-0.05, 0) is 30.7 Å². The molecule has 0 aromatic heterocycles. The maximum absolute atomic E-state index is 12.4. The van der Waals surface area contributed by atoms with Gasteiger partial charge in [-0.1, -0.05) is 37.3 Å². The number of rotatable bonds is 3. The highest BCUT2D eigenvalue weighted by atomic mass is 32.2. The molecule has 0 fully saturated rings. The lowest BCUT2D eigenvalue weighted by Gasteiger charge is -2.33. The van der Waals surface area contributed by atoms with Crippen LogP contribution >= 0.6 is 11.8 Å². The first-order valence-corrected chi connectivity index (χ1v) is 8.37. The maximum Gasteiger partial charge on any atom is 0.243 e. The highest BCUT2D eigenvalue weighted by molar-refractivity contribution is 8.00. The zero-order valence-corrected chi connectivity index (χ0v) is 13.7. The highest BCUT2D eigenvalue weighted by Gasteiger charge is 2.23. The van der Waals surface area contributed by atoms with Gasteiger partial charge in [-0.15, -0.1) is 11.8 Å². The number of carbonyl (C=O) groups is 1. The number of thioether (sulfide) groups is 1. The molecule has 1 amide bonds. The van der Waals surface area contributed by atoms with Gasteiger partial charge in [0.2, 0.25) is 5.91 Å². The molecule has 1 aliphatic rings. The topological polar surface area (TPSA) is 32.3 Å². The van der Waals surface area contributed by atoms with E-state index in [0.29, 0.717) is 11.8 Å². The Kier molecular flexibility index (Phi) is 4.39. The van der Waals surface area contributed by atoms with E-state index in [1.807, 2.05) is 49.0 Å². The van der Waals surface area contributed by atoms with Crippen molar-refractivity contribution < 1.29 is 4.79 Å². The van der Waals surface area contributed by atoms with Gasteiger partial charge in [0.05, 0.1) is 12.2 Å². The fraction of sp³-hybridized carbons (Fsp3) is 0.278. The summed E-state index contributed by atoms with van der Waals surface area (Å²) in [7, 11) is 0. The molecule has 0 bridgehead atoms. The molecule has 1 aliphatic heterocycles. The Hall–Kier alpha value is -1.94. The van der Waals surface area contributed by atoms with Crippen molar-refractivity contribution in [2.75, 3.05) is 23.3 Å². The second kappa shape index (κ2) is 6.44. The zero-order chi connectivity index (χ0) is 15.5. The quantitative estimate of drug-likeness (QED) is 0.932. The molecule has 0 spiro atoms. The summed E-state index contributed by atoms with van der Waals surface area (Å²) in [5, 5.41) is 3.50. The summed E-state index contributed by atoms with van der Waals surface area (Å²) in [5.41, 5.74) is 3.13. The minimum atomic E-state index is 0.0307. The van der Waals surface area contributed by atoms with Gasteiger partial charge in [0.15, 0.2) is 0 Å². The molecule has 22 heavy (non-hydrogen) atoms. The Bertz CT molecular complexity index is 686. The minimum Gasteiger partial charge on any atom is -0.360 e. The van der Waals surface area contributed by atoms with Crippen molar-refractivity contribution in [3.63, 3.8) is 0 Å². The highest BCUT2D eigenvalue weighted by Crippen LogP contribution is 2.37. The van der Waals surface area contributed by atoms with E-state index >= 15 is 0 Å². The molecule has 2 aromatic carbocycles. The summed E-state index contributed by atoms with van der Waals surface area (Å²) < 4.78 is 0. The van der Waals surface area contributed by atoms with Crippen LogP contribution < -0.4 is 10.2 Å². The standard InChI is InChI=1S/C18H20N2OS/c1-13-7-3-4-8-15(13)19-18(21)12-20-11-14(2)22-17-10-6-5-9-16(17)20/h3-10,14H,11-12H2,1-2H3,(H,19,21)/t14-/m1/s1. The molecule has 1 heterocycles. The second-order valence-electron chi connectivity index (χ2n) is 5.64. The number of carbonyl (C=O) groups excluding carboxylic acids is 1. The number of amides is 1. The van der Waals surface area contributed by atoms with Gasteiger partial charge in [0.25, 0.3) is 0 Å². The van der Waals surface area contributed by atoms with Gasteiger partial charge in [-0.2, -0.15) is 0 Å². The molecule has 4 heteroatoms. The van der Waals surface area contributed by atoms with E-state index in [0.717, 1.165) is 23.5 Å². The van der Waals surface area contributed by atoms with Crippen molar-refractivity contribution >= 4 is 29.0 Å². The van der Waals surface area contributed by atoms with Crippen LogP contribution in [0.15, 0.2) is 53.4 Å². The molecule has 0 saturated heterocycles. The zero-order valence-electron chi connectivity index (χ0n) is 12.9. The Morgan fingerprint density at radius 3 is 2.77 bits per heavy atom. The third-order valence-electron chi connectivity index (χ3n) is 3.77. The molecule has 3 rings (SSSR count). The molecular weight excluding hydrogens is 292 g/mol. The van der Waals surface area contributed by atoms with Crippen LogP contribution in [0.25, 0.3) is 0 Å². The number of benzene rings is 2. The van der Waals surface area contributed by atoms with Gasteiger partial charge in [0.1, 0.15) is 0 Å². The molecule has 1 N–H and O–H groups in total. The predicted molar refractivity (Wildman–Crippen MR) is 93.8 cm³/mol. The fourth-order valence-corrected chi connectivity index (χ4v) is 3.87. The molecular formula is C18H20N2OS. The maximum atomic E-state index is 12.4. The first kappa shape index (κ1) is 15.0. The van der Waals surface area contributed by atoms with Crippen LogP contribution in [0.5, 0.6) is 0 Å². The van der Waals surface area contributed by atoms with E-state index in [-0.39, 0.29) is 5.91 Å². The normalized spacial score (nSPS) is 17.0. The minimum absolute atomic E-state index is 0.0307. The number of fused-ring (bicyclic) bond motifs is 1. The molecule has 3 nitrogen and oxygen atoms in total. The SMILES string of the molecule is Cc1ccccc1NC(=O)CN1C[C@@H](C)Sc2ccccc21. The summed E-state index contributed by atoms with van der Waals surface area (Å²) in [6.45, 7) is 5.48. The van der Waals surface area contributed by atoms with E-state index < -0.39 is 0 Å². The summed E-state index contributed by atoms with van der Waals surface area (Å²) in [4.78, 5) is 15.8. The van der Waals surface area contributed by atoms with Crippen molar-refractivity contribution in [2.45, 2.75) is 24.0 Å². The van der Waals surface area contributed by atoms with Crippen molar-refractivity contribution in [3.05, 3.63) is 54.1 Å². The van der Waals surface area contributed by atoms with Crippen molar-refractivity contribution in [3.8, 4) is 0 Å². The molecule has 114 valence electrons. The smallest absolute Gasteiger partial charge is 0.243 e. The molecule has 2 aromatic rings. The lowest BCUT2D eigenvalue weighted by molar-refractivity contribution is -0.115. The van der Waals surface area contributed by atoms with E-state index in [1.54, 1.807) is 0 Å². The lowest BCUT2D eigenvalue weighted by atomic mass is 10.2. The van der Waals surface area contributed by atoms with Crippen molar-refractivity contribution in [1.82, 2.24) is 0 Å². The number of aryl methyl sites for hydroxylation is 1. The van der Waals surface area contributed by atoms with Gasteiger partial charge in [-0.25, -0.2) is 0 Å². The Morgan fingerprint density at radius 1 is 1.23 bits per heavy atom. The van der Waals surface area contributed by atoms with Gasteiger partial charge in [0, 0.05) is 22.4 Å². The monoisotopic (exact) mass is 312 g/mol. The van der Waals surface area contributed by atoms with Gasteiger partial charge >= 0.3 is 0 Å². The number of hydrogen-bond donors (Lipinski definition) is 1. The van der Waals surface area contributed by atoms with Crippen LogP contribution in [0.2, 0.25) is 0 Å². The largest absolute Gasteiger partial charge is 0.360 e. The van der Waals surface area contributed by atoms with Crippen LogP contribution in [0.4, 0.5) is 11.4 Å². The van der Waals surface area contributed by atoms with Crippen molar-refractivity contribution in [1.29, 1.82) is 0 Å². The number of nitrogens with zero attached hydrogens (tertiary/aromatic N) is 1. The molecule has 0 radical (unpaired) electrons. The molecule has 0 unspecified atom stereocenters. The number of para-hydroxylation sites is 2. The third-order valence-corrected chi connectivity index (χ3v) is 4.92. The fourth-order valence-electron chi connectivity index (χ4n) is 2.71. The van der Waals surface area contributed by atoms with E-state index in [1.165, 1.54) is 4.90 Å². The Labute approximate surface area is 135 Å². The summed E-state index contributed by atoms with van der Waals surface area (Å²) in [5.74, 6) is 0.0307. The summed E-state index contributed by atoms with van der Waals surface area (Å²) in [6.07, 6.45) is 0. The third kappa shape index (κ3) is 3.28. The molecule has 0 saturated carbocycles. The summed E-state index contributed by atoms with van der Waals surface area (Å²) >= 11 is 1.88. The van der Waals surface area contributed by atoms with E-state index in [9.17, 15) is 4.79 Å². The Balaban J connectivity index is 1.73. The average molecular weight is 312 g/mol. The first-order valence-electron chi connectivity index (χ1n) is 7.49. The van der Waals surface area contributed by atoms with Crippen LogP contribution in [-0.4, -0.2) is 24.2 Å². The van der Waals surface area contributed by atoms with Gasteiger partial charge < -0.3 is 10.2 Å². The molecule has 0 aliphatic carbocycles. The van der Waals surface area contributed by atoms with Crippen LogP contribution in [0, 0.1) is 6.92 Å². The van der Waals surface area contributed by atoms with E-state index in [4.69, 9.17) is 0 Å². The van der Waals surface area contributed by atoms with Crippen molar-refractivity contribution in [2.24, 2.45) is 0 Å². The first-order chi connectivity index (χ1) is 10.6. The Morgan fingerprint density at radius 2 is 1.95 bits per heavy atom. The lowest BCUT2D eigenvalue weighted by Crippen LogP contribution is -2.39. The van der Waals surface area contributed by atoms with Crippen LogP contribution in [-0.2, 0) is 4.79 Å².